The summed E-state index contributed by atoms with van der Waals surface area (Å²) >= 11 is 0. The molecule has 2 N–H and O–H groups in total. The maximum Gasteiger partial charge on any atom is 0.270 e. The molecule has 7 heteroatoms. The molecule has 2 aliphatic rings. The molecule has 1 fully saturated rings. The number of aryl methyl sites for hydroxylation is 2. The molecule has 0 radical (unpaired) electrons. The molecule has 5 rings (SSSR count). The summed E-state index contributed by atoms with van der Waals surface area (Å²) in [5.74, 6) is 0.0985. The Kier molecular flexibility index (Phi) is 4.03. The van der Waals surface area contributed by atoms with E-state index in [-0.39, 0.29) is 16.9 Å². The molecule has 1 atom stereocenters. The van der Waals surface area contributed by atoms with Gasteiger partial charge in [0.05, 0.1) is 17.2 Å². The number of para-hydroxylation sites is 2. The number of rotatable bonds is 3. The molecular weight excluding hydrogens is 354 g/mol. The zero-order valence-electron chi connectivity index (χ0n) is 15.7. The molecule has 1 unspecified atom stereocenters. The van der Waals surface area contributed by atoms with Crippen molar-refractivity contribution < 1.29 is 4.79 Å². The first-order valence-corrected chi connectivity index (χ1v) is 9.93. The van der Waals surface area contributed by atoms with Crippen molar-refractivity contribution in [3.63, 3.8) is 0 Å². The van der Waals surface area contributed by atoms with E-state index in [1.54, 1.807) is 0 Å². The highest BCUT2D eigenvalue weighted by molar-refractivity contribution is 5.77. The van der Waals surface area contributed by atoms with Gasteiger partial charge in [0, 0.05) is 37.0 Å². The first-order valence-electron chi connectivity index (χ1n) is 9.93. The number of fused-ring (bicyclic) bond motifs is 3. The predicted molar refractivity (Wildman–Crippen MR) is 105 cm³/mol. The zero-order chi connectivity index (χ0) is 19.1. The van der Waals surface area contributed by atoms with Crippen LogP contribution < -0.4 is 5.56 Å². The third-order valence-corrected chi connectivity index (χ3v) is 6.30. The molecule has 1 amide bonds. The highest BCUT2D eigenvalue weighted by Gasteiger charge is 2.44. The fraction of sp³-hybridized carbons (Fsp3) is 0.429. The third kappa shape index (κ3) is 2.82. The van der Waals surface area contributed by atoms with Crippen LogP contribution in [0.15, 0.2) is 35.3 Å². The Morgan fingerprint density at radius 1 is 1.25 bits per heavy atom. The van der Waals surface area contributed by atoms with E-state index in [1.165, 1.54) is 11.3 Å². The lowest BCUT2D eigenvalue weighted by molar-refractivity contribution is -0.133. The molecule has 1 aromatic carbocycles. The monoisotopic (exact) mass is 377 g/mol. The fourth-order valence-electron chi connectivity index (χ4n) is 4.83. The SMILES string of the molecule is O=C(CCc1nc2ccccc2[nH]c1=O)N1CCCC2(CCc3cn[nH]c32)C1. The van der Waals surface area contributed by atoms with Gasteiger partial charge in [0.15, 0.2) is 0 Å². The summed E-state index contributed by atoms with van der Waals surface area (Å²) in [6.07, 6.45) is 6.79. The van der Waals surface area contributed by atoms with Gasteiger partial charge in [0.25, 0.3) is 5.56 Å². The smallest absolute Gasteiger partial charge is 0.270 e. The highest BCUT2D eigenvalue weighted by atomic mass is 16.2. The Balaban J connectivity index is 1.30. The van der Waals surface area contributed by atoms with Crippen LogP contribution in [0.2, 0.25) is 0 Å². The van der Waals surface area contributed by atoms with Crippen LogP contribution in [0.4, 0.5) is 0 Å². The number of likely N-dealkylation sites (tertiary alicyclic amines) is 1. The van der Waals surface area contributed by atoms with Gasteiger partial charge >= 0.3 is 0 Å². The van der Waals surface area contributed by atoms with Crippen LogP contribution in [0.5, 0.6) is 0 Å². The number of carbonyl (C=O) groups is 1. The number of amides is 1. The quantitative estimate of drug-likeness (QED) is 0.731. The van der Waals surface area contributed by atoms with Crippen molar-refractivity contribution in [3.05, 3.63) is 57.8 Å². The van der Waals surface area contributed by atoms with E-state index in [9.17, 15) is 9.59 Å². The summed E-state index contributed by atoms with van der Waals surface area (Å²) in [6.45, 7) is 1.52. The molecule has 1 saturated heterocycles. The molecule has 1 aliphatic carbocycles. The molecular formula is C21H23N5O2. The van der Waals surface area contributed by atoms with Crippen LogP contribution in [-0.2, 0) is 23.1 Å². The van der Waals surface area contributed by atoms with E-state index in [0.29, 0.717) is 18.5 Å². The van der Waals surface area contributed by atoms with Gasteiger partial charge in [-0.1, -0.05) is 12.1 Å². The first-order chi connectivity index (χ1) is 13.6. The topological polar surface area (TPSA) is 94.7 Å². The van der Waals surface area contributed by atoms with Crippen LogP contribution >= 0.6 is 0 Å². The number of nitrogens with one attached hydrogen (secondary N) is 2. The summed E-state index contributed by atoms with van der Waals surface area (Å²) in [5.41, 5.74) is 4.23. The number of aromatic nitrogens is 4. The van der Waals surface area contributed by atoms with E-state index in [0.717, 1.165) is 49.8 Å². The van der Waals surface area contributed by atoms with E-state index < -0.39 is 0 Å². The van der Waals surface area contributed by atoms with Gasteiger partial charge in [0.2, 0.25) is 5.91 Å². The standard InChI is InChI=1S/C21H23N5O2/c27-18(7-6-17-20(28)24-16-5-2-1-4-15(16)23-17)26-11-3-9-21(13-26)10-8-14-12-22-25-19(14)21/h1-2,4-5,12H,3,6-11,13H2,(H,22,25)(H,24,28). The Morgan fingerprint density at radius 2 is 2.14 bits per heavy atom. The molecule has 28 heavy (non-hydrogen) atoms. The number of H-pyrrole nitrogens is 2. The predicted octanol–water partition coefficient (Wildman–Crippen LogP) is 2.09. The Hall–Kier alpha value is -2.96. The van der Waals surface area contributed by atoms with Crippen molar-refractivity contribution in [2.45, 2.75) is 43.9 Å². The number of nitrogens with zero attached hydrogens (tertiary/aromatic N) is 3. The lowest BCUT2D eigenvalue weighted by atomic mass is 9.77. The summed E-state index contributed by atoms with van der Waals surface area (Å²) in [6, 6.07) is 7.45. The first kappa shape index (κ1) is 17.2. The van der Waals surface area contributed by atoms with E-state index in [2.05, 4.69) is 20.2 Å². The summed E-state index contributed by atoms with van der Waals surface area (Å²) in [7, 11) is 0. The average Bonchev–Trinajstić information content (AvgIpc) is 3.31. The molecule has 0 bridgehead atoms. The minimum absolute atomic E-state index is 0.0262. The number of aromatic amines is 2. The molecule has 2 aromatic heterocycles. The molecule has 1 spiro atoms. The normalized spacial score (nSPS) is 21.4. The number of hydrogen-bond donors (Lipinski definition) is 2. The Morgan fingerprint density at radius 3 is 3.07 bits per heavy atom. The average molecular weight is 377 g/mol. The van der Waals surface area contributed by atoms with Gasteiger partial charge < -0.3 is 9.88 Å². The van der Waals surface area contributed by atoms with Crippen molar-refractivity contribution in [2.75, 3.05) is 13.1 Å². The number of piperidine rings is 1. The molecule has 3 aromatic rings. The van der Waals surface area contributed by atoms with Gasteiger partial charge in [-0.2, -0.15) is 5.10 Å². The largest absolute Gasteiger partial charge is 0.342 e. The second-order valence-corrected chi connectivity index (χ2v) is 8.00. The number of hydrogen-bond acceptors (Lipinski definition) is 4. The molecule has 0 saturated carbocycles. The van der Waals surface area contributed by atoms with Crippen LogP contribution in [0.25, 0.3) is 11.0 Å². The third-order valence-electron chi connectivity index (χ3n) is 6.30. The van der Waals surface area contributed by atoms with Gasteiger partial charge in [-0.15, -0.1) is 0 Å². The number of benzene rings is 1. The van der Waals surface area contributed by atoms with Crippen LogP contribution in [0.1, 0.15) is 42.6 Å². The Bertz CT molecular complexity index is 1100. The maximum atomic E-state index is 12.9. The molecule has 3 heterocycles. The lowest BCUT2D eigenvalue weighted by Crippen LogP contribution is -2.48. The van der Waals surface area contributed by atoms with Gasteiger partial charge in [-0.3, -0.25) is 14.7 Å². The van der Waals surface area contributed by atoms with Crippen LogP contribution in [0.3, 0.4) is 0 Å². The Labute approximate surface area is 162 Å². The highest BCUT2D eigenvalue weighted by Crippen LogP contribution is 2.43. The van der Waals surface area contributed by atoms with Gasteiger partial charge in [-0.25, -0.2) is 4.98 Å². The van der Waals surface area contributed by atoms with E-state index in [1.807, 2.05) is 35.4 Å². The summed E-state index contributed by atoms with van der Waals surface area (Å²) in [5, 5.41) is 7.38. The molecule has 7 nitrogen and oxygen atoms in total. The zero-order valence-corrected chi connectivity index (χ0v) is 15.7. The lowest BCUT2D eigenvalue weighted by Gasteiger charge is -2.40. The van der Waals surface area contributed by atoms with E-state index >= 15 is 0 Å². The van der Waals surface area contributed by atoms with Crippen molar-refractivity contribution in [3.8, 4) is 0 Å². The van der Waals surface area contributed by atoms with Crippen molar-refractivity contribution in [1.29, 1.82) is 0 Å². The minimum atomic E-state index is -0.209. The van der Waals surface area contributed by atoms with Crippen LogP contribution in [0, 0.1) is 0 Å². The summed E-state index contributed by atoms with van der Waals surface area (Å²) < 4.78 is 0. The fourth-order valence-corrected chi connectivity index (χ4v) is 4.83. The molecule has 1 aliphatic heterocycles. The van der Waals surface area contributed by atoms with Crippen LogP contribution in [-0.4, -0.2) is 44.1 Å². The minimum Gasteiger partial charge on any atom is -0.342 e. The van der Waals surface area contributed by atoms with Gasteiger partial charge in [-0.05, 0) is 43.4 Å². The van der Waals surface area contributed by atoms with Gasteiger partial charge in [0.1, 0.15) is 5.69 Å². The van der Waals surface area contributed by atoms with Crippen molar-refractivity contribution >= 4 is 16.9 Å². The second-order valence-electron chi connectivity index (χ2n) is 8.00. The number of carbonyl (C=O) groups excluding carboxylic acids is 1. The van der Waals surface area contributed by atoms with Crippen molar-refractivity contribution in [1.82, 2.24) is 25.1 Å². The summed E-state index contributed by atoms with van der Waals surface area (Å²) in [4.78, 5) is 34.5. The second kappa shape index (κ2) is 6.58. The molecule has 144 valence electrons. The van der Waals surface area contributed by atoms with E-state index in [4.69, 9.17) is 0 Å². The van der Waals surface area contributed by atoms with Crippen molar-refractivity contribution in [2.24, 2.45) is 0 Å². The maximum absolute atomic E-state index is 12.9.